The zero-order valence-electron chi connectivity index (χ0n) is 21.1. The number of aromatic amines is 1. The fourth-order valence-corrected chi connectivity index (χ4v) is 7.33. The molecule has 5 N–H and O–H groups in total. The minimum atomic E-state index is -1.22. The highest BCUT2D eigenvalue weighted by Gasteiger charge is 2.55. The Morgan fingerprint density at radius 3 is 2.80 bits per heavy atom. The van der Waals surface area contributed by atoms with Crippen molar-refractivity contribution in [3.63, 3.8) is 0 Å². The van der Waals surface area contributed by atoms with Gasteiger partial charge in [-0.05, 0) is 24.1 Å². The Labute approximate surface area is 239 Å². The zero-order valence-corrected chi connectivity index (χ0v) is 23.5. The Bertz CT molecular complexity index is 1510. The number of nitrogens with one attached hydrogen (secondary N) is 2. The number of pyridine rings is 1. The number of rotatable bonds is 10. The first-order valence-electron chi connectivity index (χ1n) is 11.9. The molecule has 0 radical (unpaired) electrons. The number of aromatic nitrogens is 5. The molecule has 3 aromatic rings. The number of carboxylic acid groups (broad SMARTS) is 1. The van der Waals surface area contributed by atoms with Crippen molar-refractivity contribution < 1.29 is 24.3 Å². The molecule has 1 unspecified atom stereocenters. The van der Waals surface area contributed by atoms with Crippen LogP contribution < -0.4 is 11.1 Å². The van der Waals surface area contributed by atoms with Gasteiger partial charge in [0.25, 0.3) is 11.8 Å². The van der Waals surface area contributed by atoms with Crippen LogP contribution in [0, 0.1) is 0 Å². The Kier molecular flexibility index (Phi) is 8.04. The van der Waals surface area contributed by atoms with E-state index in [1.165, 1.54) is 35.5 Å². The van der Waals surface area contributed by atoms with E-state index in [9.17, 15) is 19.5 Å². The molecule has 1 fully saturated rings. The molecule has 2 amide bonds. The van der Waals surface area contributed by atoms with Gasteiger partial charge in [-0.15, -0.1) is 28.2 Å². The molecule has 0 aromatic carbocycles. The van der Waals surface area contributed by atoms with E-state index in [4.69, 9.17) is 10.6 Å². The smallest absolute Gasteiger partial charge is 0.352 e. The van der Waals surface area contributed by atoms with Crippen molar-refractivity contribution >= 4 is 63.5 Å². The van der Waals surface area contributed by atoms with E-state index in [1.54, 1.807) is 29.9 Å². The number of thiazole rings is 1. The second-order valence-corrected chi connectivity index (χ2v) is 11.6. The molecular weight excluding hydrogens is 579 g/mol. The number of hydrogen-bond acceptors (Lipinski definition) is 13. The molecule has 2 aliphatic rings. The lowest BCUT2D eigenvalue weighted by molar-refractivity contribution is -0.150. The number of nitrogens with zero attached hydrogens (tertiary/aromatic N) is 6. The van der Waals surface area contributed by atoms with Crippen molar-refractivity contribution in [3.8, 4) is 11.4 Å². The van der Waals surface area contributed by atoms with Gasteiger partial charge in [-0.1, -0.05) is 23.8 Å². The van der Waals surface area contributed by atoms with Crippen LogP contribution in [0.2, 0.25) is 0 Å². The van der Waals surface area contributed by atoms with E-state index in [1.807, 2.05) is 6.92 Å². The van der Waals surface area contributed by atoms with Gasteiger partial charge in [0.1, 0.15) is 29.9 Å². The highest BCUT2D eigenvalue weighted by molar-refractivity contribution is 8.01. The van der Waals surface area contributed by atoms with Crippen LogP contribution in [0.5, 0.6) is 0 Å². The molecule has 40 heavy (non-hydrogen) atoms. The molecule has 5 heterocycles. The number of hydrogen-bond donors (Lipinski definition) is 4. The van der Waals surface area contributed by atoms with Gasteiger partial charge in [0.05, 0.1) is 0 Å². The monoisotopic (exact) mass is 601 g/mol. The quantitative estimate of drug-likeness (QED) is 0.113. The van der Waals surface area contributed by atoms with Gasteiger partial charge in [0.15, 0.2) is 16.7 Å². The van der Waals surface area contributed by atoms with Gasteiger partial charge in [-0.25, -0.2) is 14.8 Å². The van der Waals surface area contributed by atoms with Gasteiger partial charge in [0, 0.05) is 34.3 Å². The fourth-order valence-electron chi connectivity index (χ4n) is 4.26. The first-order chi connectivity index (χ1) is 19.3. The first kappa shape index (κ1) is 27.6. The third kappa shape index (κ3) is 5.26. The summed E-state index contributed by atoms with van der Waals surface area (Å²) < 4.78 is 0. The van der Waals surface area contributed by atoms with Crippen molar-refractivity contribution in [3.05, 3.63) is 46.9 Å². The predicted octanol–water partition coefficient (Wildman–Crippen LogP) is 1.57. The second kappa shape index (κ2) is 11.6. The maximum atomic E-state index is 13.2. The number of amides is 2. The number of nitrogens with two attached hydrogens (primary N) is 1. The summed E-state index contributed by atoms with van der Waals surface area (Å²) in [4.78, 5) is 57.2. The van der Waals surface area contributed by atoms with E-state index in [2.05, 4.69) is 35.6 Å². The van der Waals surface area contributed by atoms with E-state index >= 15 is 0 Å². The lowest BCUT2D eigenvalue weighted by atomic mass is 10.0. The van der Waals surface area contributed by atoms with Gasteiger partial charge in [-0.3, -0.25) is 24.6 Å². The minimum Gasteiger partial charge on any atom is -0.477 e. The summed E-state index contributed by atoms with van der Waals surface area (Å²) in [6.07, 6.45) is 3.88. The normalized spacial score (nSPS) is 19.6. The SMILES string of the molecule is CCC(Sc1n[nH]c(-c2ccncc2)n1)C1=C(C(=O)O)N2C(=O)[C@@H](NC(=O)C(=NOC)c3csc(N)n3)[C@@H]2SC1. The van der Waals surface area contributed by atoms with Crippen LogP contribution in [0.15, 0.2) is 51.5 Å². The molecule has 0 spiro atoms. The summed E-state index contributed by atoms with van der Waals surface area (Å²) in [5.74, 6) is -1.53. The van der Waals surface area contributed by atoms with Crippen molar-refractivity contribution in [1.29, 1.82) is 0 Å². The number of oxime groups is 1. The molecular formula is C23H23N9O5S3. The van der Waals surface area contributed by atoms with Crippen LogP contribution >= 0.6 is 34.9 Å². The molecule has 2 aliphatic heterocycles. The van der Waals surface area contributed by atoms with Gasteiger partial charge in [0.2, 0.25) is 5.16 Å². The Morgan fingerprint density at radius 2 is 2.15 bits per heavy atom. The highest BCUT2D eigenvalue weighted by atomic mass is 32.2. The number of aliphatic carboxylic acids is 1. The third-order valence-electron chi connectivity index (χ3n) is 6.07. The predicted molar refractivity (Wildman–Crippen MR) is 149 cm³/mol. The van der Waals surface area contributed by atoms with Crippen LogP contribution in [0.1, 0.15) is 19.0 Å². The maximum absolute atomic E-state index is 13.2. The van der Waals surface area contributed by atoms with Gasteiger partial charge >= 0.3 is 5.97 Å². The average molecular weight is 602 g/mol. The molecule has 5 rings (SSSR count). The number of thioether (sulfide) groups is 2. The fraction of sp³-hybridized carbons (Fsp3) is 0.304. The summed E-state index contributed by atoms with van der Waals surface area (Å²) in [5.41, 5.74) is 7.06. The van der Waals surface area contributed by atoms with Crippen LogP contribution in [0.3, 0.4) is 0 Å². The molecule has 0 aliphatic carbocycles. The number of carbonyl (C=O) groups excluding carboxylic acids is 2. The second-order valence-electron chi connectivity index (χ2n) is 8.45. The Hall–Kier alpha value is -3.96. The number of nitrogen functional groups attached to an aromatic ring is 1. The van der Waals surface area contributed by atoms with Crippen molar-refractivity contribution in [1.82, 2.24) is 35.4 Å². The first-order valence-corrected chi connectivity index (χ1v) is 14.7. The average Bonchev–Trinajstić information content (AvgIpc) is 3.61. The Morgan fingerprint density at radius 1 is 1.38 bits per heavy atom. The number of carboxylic acids is 1. The third-order valence-corrected chi connectivity index (χ3v) is 9.35. The van der Waals surface area contributed by atoms with Crippen LogP contribution in [0.25, 0.3) is 11.4 Å². The van der Waals surface area contributed by atoms with Crippen molar-refractivity contribution in [2.75, 3.05) is 18.6 Å². The van der Waals surface area contributed by atoms with E-state index < -0.39 is 29.2 Å². The summed E-state index contributed by atoms with van der Waals surface area (Å²) >= 11 is 3.82. The van der Waals surface area contributed by atoms with Crippen molar-refractivity contribution in [2.24, 2.45) is 5.16 Å². The minimum absolute atomic E-state index is 0.0819. The lowest BCUT2D eigenvalue weighted by Crippen LogP contribution is -2.71. The molecule has 0 saturated carbocycles. The number of fused-ring (bicyclic) bond motifs is 1. The molecule has 14 nitrogen and oxygen atoms in total. The molecule has 208 valence electrons. The van der Waals surface area contributed by atoms with E-state index in [-0.39, 0.29) is 27.5 Å². The number of carbonyl (C=O) groups is 3. The van der Waals surface area contributed by atoms with Crippen LogP contribution in [-0.2, 0) is 19.2 Å². The highest BCUT2D eigenvalue weighted by Crippen LogP contribution is 2.44. The number of H-pyrrole nitrogens is 1. The van der Waals surface area contributed by atoms with E-state index in [0.717, 1.165) is 16.9 Å². The van der Waals surface area contributed by atoms with Gasteiger partial charge < -0.3 is 21.0 Å². The van der Waals surface area contributed by atoms with Crippen molar-refractivity contribution in [2.45, 2.75) is 35.2 Å². The Balaban J connectivity index is 1.34. The lowest BCUT2D eigenvalue weighted by Gasteiger charge is -2.50. The largest absolute Gasteiger partial charge is 0.477 e. The molecule has 17 heteroatoms. The standard InChI is InChI=1S/C23H23N9O5S3/c1-3-13(40-23-28-17(29-30-23)10-4-6-25-7-5-10)11-8-38-20-15(19(34)32(20)16(11)21(35)36)27-18(33)14(31-37-2)12-9-39-22(24)26-12/h4-7,9,13,15,20H,3,8H2,1-2H3,(H2,24,26)(H,27,33)(H,35,36)(H,28,29,30)/t13?,15-,20+/m1/s1. The molecule has 0 bridgehead atoms. The molecule has 3 atom stereocenters. The summed E-state index contributed by atoms with van der Waals surface area (Å²) in [6, 6.07) is 2.65. The molecule has 3 aromatic heterocycles. The van der Waals surface area contributed by atoms with Crippen LogP contribution in [0.4, 0.5) is 5.13 Å². The summed E-state index contributed by atoms with van der Waals surface area (Å²) in [6.45, 7) is 1.93. The van der Waals surface area contributed by atoms with Crippen LogP contribution in [-0.4, -0.2) is 88.2 Å². The number of β-lactam (4-membered cyclic amide) rings is 1. The summed E-state index contributed by atoms with van der Waals surface area (Å²) in [5, 5.41) is 25.0. The summed E-state index contributed by atoms with van der Waals surface area (Å²) in [7, 11) is 1.28. The molecule has 1 saturated heterocycles. The topological polar surface area (TPSA) is 202 Å². The number of anilines is 1. The van der Waals surface area contributed by atoms with Gasteiger partial charge in [-0.2, -0.15) is 0 Å². The maximum Gasteiger partial charge on any atom is 0.352 e. The van der Waals surface area contributed by atoms with E-state index in [0.29, 0.717) is 28.7 Å². The zero-order chi connectivity index (χ0) is 28.4.